The standard InChI is InChI=1S/C23H31N3O2.ClH/c1-18(19-10-6-4-7-11-19)24-22(27)26-15-14-23(28,20-12-8-5-9-13-20)21(17-26)16-25(2)3;/h4-13,18,21,28H,14-17H2,1-3H3,(H,24,27);1H/t18-,21?,23?;/m0./s1. The molecule has 1 aliphatic heterocycles. The highest BCUT2D eigenvalue weighted by molar-refractivity contribution is 5.85. The SMILES string of the molecule is C[C@H](NC(=O)N1CCC(O)(c2ccccc2)C(CN(C)C)C1)c1ccccc1.Cl. The van der Waals surface area contributed by atoms with Gasteiger partial charge in [-0.05, 0) is 38.6 Å². The lowest BCUT2D eigenvalue weighted by Gasteiger charge is -2.46. The van der Waals surface area contributed by atoms with Gasteiger partial charge in [0.1, 0.15) is 0 Å². The van der Waals surface area contributed by atoms with Crippen LogP contribution in [0.3, 0.4) is 0 Å². The minimum absolute atomic E-state index is 0. The molecule has 2 N–H and O–H groups in total. The summed E-state index contributed by atoms with van der Waals surface area (Å²) in [6, 6.07) is 19.7. The fraction of sp³-hybridized carbons (Fsp3) is 0.435. The molecule has 1 heterocycles. The summed E-state index contributed by atoms with van der Waals surface area (Å²) >= 11 is 0. The fourth-order valence-corrected chi connectivity index (χ4v) is 4.06. The van der Waals surface area contributed by atoms with Gasteiger partial charge < -0.3 is 20.2 Å². The number of carbonyl (C=O) groups is 1. The van der Waals surface area contributed by atoms with Crippen LogP contribution < -0.4 is 5.32 Å². The normalized spacial score (nSPS) is 22.7. The van der Waals surface area contributed by atoms with Gasteiger partial charge in [-0.1, -0.05) is 60.7 Å². The molecule has 1 fully saturated rings. The maximum atomic E-state index is 12.9. The van der Waals surface area contributed by atoms with Gasteiger partial charge in [0.2, 0.25) is 0 Å². The second-order valence-electron chi connectivity index (χ2n) is 8.03. The highest BCUT2D eigenvalue weighted by Gasteiger charge is 2.44. The van der Waals surface area contributed by atoms with Crippen LogP contribution in [0.2, 0.25) is 0 Å². The van der Waals surface area contributed by atoms with Crippen LogP contribution in [0.5, 0.6) is 0 Å². The van der Waals surface area contributed by atoms with E-state index in [0.717, 1.165) is 11.1 Å². The van der Waals surface area contributed by atoms with Gasteiger partial charge in [-0.15, -0.1) is 12.4 Å². The van der Waals surface area contributed by atoms with Crippen molar-refractivity contribution in [2.24, 2.45) is 5.92 Å². The van der Waals surface area contributed by atoms with E-state index in [1.807, 2.05) is 86.6 Å². The molecule has 158 valence electrons. The van der Waals surface area contributed by atoms with Crippen molar-refractivity contribution in [3.8, 4) is 0 Å². The topological polar surface area (TPSA) is 55.8 Å². The van der Waals surface area contributed by atoms with E-state index < -0.39 is 5.60 Å². The molecule has 2 amide bonds. The monoisotopic (exact) mass is 417 g/mol. The zero-order chi connectivity index (χ0) is 20.1. The molecule has 0 saturated carbocycles. The first-order valence-corrected chi connectivity index (χ1v) is 9.93. The molecule has 0 spiro atoms. The number of hydrogen-bond acceptors (Lipinski definition) is 3. The Morgan fingerprint density at radius 1 is 1.17 bits per heavy atom. The largest absolute Gasteiger partial charge is 0.385 e. The van der Waals surface area contributed by atoms with Gasteiger partial charge in [0.05, 0.1) is 11.6 Å². The number of likely N-dealkylation sites (tertiary alicyclic amines) is 1. The number of aliphatic hydroxyl groups is 1. The number of rotatable bonds is 5. The van der Waals surface area contributed by atoms with Gasteiger partial charge in [-0.25, -0.2) is 4.79 Å². The number of amides is 2. The Hall–Kier alpha value is -2.08. The molecule has 0 bridgehead atoms. The van der Waals surface area contributed by atoms with Crippen molar-refractivity contribution in [3.63, 3.8) is 0 Å². The van der Waals surface area contributed by atoms with Crippen LogP contribution in [0.1, 0.15) is 30.5 Å². The van der Waals surface area contributed by atoms with Crippen molar-refractivity contribution >= 4 is 18.4 Å². The van der Waals surface area contributed by atoms with Crippen LogP contribution in [-0.2, 0) is 5.60 Å². The highest BCUT2D eigenvalue weighted by atomic mass is 35.5. The summed E-state index contributed by atoms with van der Waals surface area (Å²) in [6.07, 6.45) is 0.530. The molecular weight excluding hydrogens is 386 g/mol. The van der Waals surface area contributed by atoms with E-state index in [1.54, 1.807) is 0 Å². The van der Waals surface area contributed by atoms with E-state index in [4.69, 9.17) is 0 Å². The molecule has 2 unspecified atom stereocenters. The lowest BCUT2D eigenvalue weighted by molar-refractivity contribution is -0.0758. The van der Waals surface area contributed by atoms with Crippen LogP contribution in [0.4, 0.5) is 4.79 Å². The number of nitrogens with zero attached hydrogens (tertiary/aromatic N) is 2. The minimum atomic E-state index is -0.923. The van der Waals surface area contributed by atoms with E-state index in [0.29, 0.717) is 26.1 Å². The first-order valence-electron chi connectivity index (χ1n) is 9.93. The quantitative estimate of drug-likeness (QED) is 0.780. The number of benzene rings is 2. The maximum absolute atomic E-state index is 12.9. The van der Waals surface area contributed by atoms with Crippen molar-refractivity contribution in [1.82, 2.24) is 15.1 Å². The molecule has 6 heteroatoms. The summed E-state index contributed by atoms with van der Waals surface area (Å²) in [4.78, 5) is 16.8. The van der Waals surface area contributed by atoms with Crippen LogP contribution in [0.25, 0.3) is 0 Å². The van der Waals surface area contributed by atoms with E-state index in [9.17, 15) is 9.90 Å². The number of piperidine rings is 1. The zero-order valence-corrected chi connectivity index (χ0v) is 18.2. The summed E-state index contributed by atoms with van der Waals surface area (Å²) in [7, 11) is 4.00. The minimum Gasteiger partial charge on any atom is -0.385 e. The summed E-state index contributed by atoms with van der Waals surface area (Å²) in [5, 5.41) is 14.6. The zero-order valence-electron chi connectivity index (χ0n) is 17.4. The van der Waals surface area contributed by atoms with Gasteiger partial charge >= 0.3 is 6.03 Å². The first kappa shape index (κ1) is 23.2. The van der Waals surface area contributed by atoms with E-state index in [2.05, 4.69) is 10.2 Å². The predicted molar refractivity (Wildman–Crippen MR) is 119 cm³/mol. The van der Waals surface area contributed by atoms with Gasteiger partial charge in [-0.3, -0.25) is 0 Å². The van der Waals surface area contributed by atoms with Crippen LogP contribution in [0.15, 0.2) is 60.7 Å². The van der Waals surface area contributed by atoms with Gasteiger partial charge in [0, 0.05) is 25.6 Å². The van der Waals surface area contributed by atoms with Crippen molar-refractivity contribution < 1.29 is 9.90 Å². The average molecular weight is 418 g/mol. The van der Waals surface area contributed by atoms with Crippen LogP contribution in [-0.4, -0.2) is 54.7 Å². The smallest absolute Gasteiger partial charge is 0.317 e. The van der Waals surface area contributed by atoms with Gasteiger partial charge in [0.15, 0.2) is 0 Å². The number of carbonyl (C=O) groups excluding carboxylic acids is 1. The van der Waals surface area contributed by atoms with Crippen LogP contribution in [0, 0.1) is 5.92 Å². The van der Waals surface area contributed by atoms with Gasteiger partial charge in [-0.2, -0.15) is 0 Å². The van der Waals surface area contributed by atoms with E-state index in [-0.39, 0.29) is 30.4 Å². The summed E-state index contributed by atoms with van der Waals surface area (Å²) < 4.78 is 0. The molecule has 0 aliphatic carbocycles. The number of halogens is 1. The molecule has 2 aromatic rings. The number of urea groups is 1. The number of hydrogen-bond donors (Lipinski definition) is 2. The average Bonchev–Trinajstić information content (AvgIpc) is 2.70. The Bertz CT molecular complexity index is 772. The third-order valence-electron chi connectivity index (χ3n) is 5.66. The lowest BCUT2D eigenvalue weighted by atomic mass is 9.75. The Morgan fingerprint density at radius 2 is 1.76 bits per heavy atom. The predicted octanol–water partition coefficient (Wildman–Crippen LogP) is 3.65. The second-order valence-corrected chi connectivity index (χ2v) is 8.03. The molecule has 3 atom stereocenters. The van der Waals surface area contributed by atoms with Crippen molar-refractivity contribution in [3.05, 3.63) is 71.8 Å². The molecule has 0 aromatic heterocycles. The first-order chi connectivity index (χ1) is 13.4. The molecule has 1 saturated heterocycles. The molecule has 3 rings (SSSR count). The van der Waals surface area contributed by atoms with Crippen molar-refractivity contribution in [1.29, 1.82) is 0 Å². The molecular formula is C23H32ClN3O2. The Kier molecular flexibility index (Phi) is 8.08. The number of nitrogens with one attached hydrogen (secondary N) is 1. The second kappa shape index (κ2) is 10.1. The van der Waals surface area contributed by atoms with Gasteiger partial charge in [0.25, 0.3) is 0 Å². The van der Waals surface area contributed by atoms with E-state index in [1.165, 1.54) is 0 Å². The molecule has 0 radical (unpaired) electrons. The highest BCUT2D eigenvalue weighted by Crippen LogP contribution is 2.37. The summed E-state index contributed by atoms with van der Waals surface area (Å²) in [5.41, 5.74) is 1.09. The van der Waals surface area contributed by atoms with E-state index >= 15 is 0 Å². The lowest BCUT2D eigenvalue weighted by Crippen LogP contribution is -2.56. The Balaban J connectivity index is 0.00000300. The Morgan fingerprint density at radius 3 is 2.34 bits per heavy atom. The molecule has 29 heavy (non-hydrogen) atoms. The van der Waals surface area contributed by atoms with Crippen molar-refractivity contribution in [2.75, 3.05) is 33.7 Å². The van der Waals surface area contributed by atoms with Crippen molar-refractivity contribution in [2.45, 2.75) is 25.0 Å². The third-order valence-corrected chi connectivity index (χ3v) is 5.66. The molecule has 1 aliphatic rings. The third kappa shape index (κ3) is 5.50. The van der Waals surface area contributed by atoms with Crippen LogP contribution >= 0.6 is 12.4 Å². The fourth-order valence-electron chi connectivity index (χ4n) is 4.06. The molecule has 2 aromatic carbocycles. The summed E-state index contributed by atoms with van der Waals surface area (Å²) in [6.45, 7) is 3.76. The molecule has 5 nitrogen and oxygen atoms in total. The summed E-state index contributed by atoms with van der Waals surface area (Å²) in [5.74, 6) is -0.0589. The Labute approximate surface area is 180 Å². The maximum Gasteiger partial charge on any atom is 0.317 e.